The van der Waals surface area contributed by atoms with Crippen LogP contribution in [0.5, 0.6) is 5.06 Å². The first-order chi connectivity index (χ1) is 6.70. The lowest BCUT2D eigenvalue weighted by atomic mass is 10.3. The molecule has 0 aliphatic carbocycles. The fraction of sp³-hybridized carbons (Fsp3) is 0.111. The number of ether oxygens (including phenoxy) is 1. The Labute approximate surface area is 83.8 Å². The Morgan fingerprint density at radius 1 is 1.57 bits per heavy atom. The maximum Gasteiger partial charge on any atom is 0.356 e. The highest BCUT2D eigenvalue weighted by Gasteiger charge is 2.09. The van der Waals surface area contributed by atoms with Crippen molar-refractivity contribution in [1.82, 2.24) is 4.98 Å². The van der Waals surface area contributed by atoms with Gasteiger partial charge in [-0.05, 0) is 6.07 Å². The van der Waals surface area contributed by atoms with Crippen LogP contribution in [0.15, 0.2) is 18.3 Å². The zero-order valence-corrected chi connectivity index (χ0v) is 8.17. The summed E-state index contributed by atoms with van der Waals surface area (Å²) >= 11 is 1.20. The van der Waals surface area contributed by atoms with E-state index in [0.717, 1.165) is 10.1 Å². The fourth-order valence-corrected chi connectivity index (χ4v) is 1.95. The Morgan fingerprint density at radius 3 is 3.07 bits per heavy atom. The van der Waals surface area contributed by atoms with Crippen LogP contribution in [-0.4, -0.2) is 23.2 Å². The maximum absolute atomic E-state index is 11.1. The van der Waals surface area contributed by atoms with Crippen molar-refractivity contribution in [3.8, 4) is 5.06 Å². The smallest absolute Gasteiger partial charge is 0.356 e. The summed E-state index contributed by atoms with van der Waals surface area (Å²) in [7, 11) is 1.31. The number of rotatable bonds is 1. The molecule has 0 atom stereocenters. The molecule has 5 heteroatoms. The van der Waals surface area contributed by atoms with Crippen molar-refractivity contribution in [3.05, 3.63) is 24.0 Å². The van der Waals surface area contributed by atoms with Crippen LogP contribution in [0.4, 0.5) is 0 Å². The molecule has 14 heavy (non-hydrogen) atoms. The van der Waals surface area contributed by atoms with E-state index >= 15 is 0 Å². The van der Waals surface area contributed by atoms with Gasteiger partial charge >= 0.3 is 5.97 Å². The van der Waals surface area contributed by atoms with Crippen molar-refractivity contribution in [2.75, 3.05) is 7.11 Å². The zero-order valence-electron chi connectivity index (χ0n) is 7.35. The summed E-state index contributed by atoms with van der Waals surface area (Å²) < 4.78 is 5.35. The molecule has 0 aliphatic heterocycles. The van der Waals surface area contributed by atoms with E-state index in [-0.39, 0.29) is 10.8 Å². The lowest BCUT2D eigenvalue weighted by molar-refractivity contribution is 0.0594. The van der Waals surface area contributed by atoms with E-state index in [2.05, 4.69) is 9.72 Å². The van der Waals surface area contributed by atoms with Gasteiger partial charge in [0, 0.05) is 22.3 Å². The molecule has 2 aromatic rings. The van der Waals surface area contributed by atoms with Crippen molar-refractivity contribution in [2.24, 2.45) is 0 Å². The number of aromatic hydroxyl groups is 1. The minimum atomic E-state index is -0.472. The van der Waals surface area contributed by atoms with E-state index in [9.17, 15) is 9.90 Å². The normalized spacial score (nSPS) is 10.4. The second-order valence-corrected chi connectivity index (χ2v) is 3.75. The van der Waals surface area contributed by atoms with E-state index in [1.165, 1.54) is 24.6 Å². The third-order valence-electron chi connectivity index (χ3n) is 1.78. The molecule has 0 saturated heterocycles. The summed E-state index contributed by atoms with van der Waals surface area (Å²) in [6.07, 6.45) is 1.54. The molecule has 0 radical (unpaired) electrons. The predicted molar refractivity (Wildman–Crippen MR) is 52.6 cm³/mol. The van der Waals surface area contributed by atoms with Crippen LogP contribution < -0.4 is 0 Å². The molecule has 72 valence electrons. The molecule has 2 rings (SSSR count). The number of nitrogens with zero attached hydrogens (tertiary/aromatic N) is 1. The van der Waals surface area contributed by atoms with Crippen molar-refractivity contribution in [2.45, 2.75) is 0 Å². The third-order valence-corrected chi connectivity index (χ3v) is 2.68. The number of hydrogen-bond acceptors (Lipinski definition) is 5. The lowest BCUT2D eigenvalue weighted by Crippen LogP contribution is -2.02. The average molecular weight is 209 g/mol. The Bertz CT molecular complexity index is 492. The molecule has 1 N–H and O–H groups in total. The highest BCUT2D eigenvalue weighted by Crippen LogP contribution is 2.30. The first-order valence-corrected chi connectivity index (χ1v) is 4.69. The fourth-order valence-electron chi connectivity index (χ4n) is 1.14. The van der Waals surface area contributed by atoms with Crippen LogP contribution in [0.1, 0.15) is 10.5 Å². The SMILES string of the molecule is COC(=O)c1cc2sc(O)cc2cn1. The minimum absolute atomic E-state index is 0.212. The van der Waals surface area contributed by atoms with Gasteiger partial charge in [0.15, 0.2) is 5.06 Å². The van der Waals surface area contributed by atoms with E-state index in [4.69, 9.17) is 0 Å². The number of esters is 1. The molecule has 0 unspecified atom stereocenters. The first kappa shape index (κ1) is 8.96. The van der Waals surface area contributed by atoms with Gasteiger partial charge in [-0.3, -0.25) is 0 Å². The van der Waals surface area contributed by atoms with Gasteiger partial charge in [0.1, 0.15) is 5.69 Å². The topological polar surface area (TPSA) is 59.4 Å². The minimum Gasteiger partial charge on any atom is -0.499 e. The van der Waals surface area contributed by atoms with Gasteiger partial charge in [0.05, 0.1) is 7.11 Å². The molecular weight excluding hydrogens is 202 g/mol. The Kier molecular flexibility index (Phi) is 2.09. The van der Waals surface area contributed by atoms with Crippen LogP contribution in [0.3, 0.4) is 0 Å². The molecule has 4 nitrogen and oxygen atoms in total. The van der Waals surface area contributed by atoms with Crippen LogP contribution >= 0.6 is 11.3 Å². The third kappa shape index (κ3) is 1.42. The quantitative estimate of drug-likeness (QED) is 0.727. The summed E-state index contributed by atoms with van der Waals surface area (Å²) in [5, 5.41) is 10.2. The molecule has 0 saturated carbocycles. The molecule has 2 aromatic heterocycles. The Balaban J connectivity index is 2.55. The van der Waals surface area contributed by atoms with E-state index in [1.807, 2.05) is 0 Å². The average Bonchev–Trinajstić information content (AvgIpc) is 2.55. The summed E-state index contributed by atoms with van der Waals surface area (Å²) in [4.78, 5) is 15.0. The van der Waals surface area contributed by atoms with Crippen molar-refractivity contribution >= 4 is 27.4 Å². The van der Waals surface area contributed by atoms with Gasteiger partial charge in [-0.25, -0.2) is 9.78 Å². The number of methoxy groups -OCH3 is 1. The molecule has 0 fully saturated rings. The number of fused-ring (bicyclic) bond motifs is 1. The van der Waals surface area contributed by atoms with E-state index < -0.39 is 5.97 Å². The van der Waals surface area contributed by atoms with Gasteiger partial charge in [-0.1, -0.05) is 11.3 Å². The van der Waals surface area contributed by atoms with Crippen molar-refractivity contribution < 1.29 is 14.6 Å². The maximum atomic E-state index is 11.1. The molecule has 2 heterocycles. The van der Waals surface area contributed by atoms with E-state index in [1.54, 1.807) is 12.1 Å². The largest absolute Gasteiger partial charge is 0.499 e. The van der Waals surface area contributed by atoms with E-state index in [0.29, 0.717) is 0 Å². The van der Waals surface area contributed by atoms with Crippen LogP contribution in [0, 0.1) is 0 Å². The van der Waals surface area contributed by atoms with Gasteiger partial charge in [-0.15, -0.1) is 0 Å². The second kappa shape index (κ2) is 3.26. The number of hydrogen-bond donors (Lipinski definition) is 1. The van der Waals surface area contributed by atoms with Crippen LogP contribution in [-0.2, 0) is 4.74 Å². The predicted octanol–water partition coefficient (Wildman–Crippen LogP) is 1.79. The molecule has 0 amide bonds. The van der Waals surface area contributed by atoms with Gasteiger partial charge in [0.25, 0.3) is 0 Å². The number of thiophene rings is 1. The summed E-state index contributed by atoms with van der Waals surface area (Å²) in [5.74, 6) is -0.472. The van der Waals surface area contributed by atoms with Crippen LogP contribution in [0.2, 0.25) is 0 Å². The lowest BCUT2D eigenvalue weighted by Gasteiger charge is -1.96. The second-order valence-electron chi connectivity index (χ2n) is 2.68. The molecule has 0 aromatic carbocycles. The summed E-state index contributed by atoms with van der Waals surface area (Å²) in [6, 6.07) is 3.21. The molecular formula is C9H7NO3S. The Morgan fingerprint density at radius 2 is 2.36 bits per heavy atom. The molecule has 0 aliphatic rings. The van der Waals surface area contributed by atoms with Gasteiger partial charge < -0.3 is 9.84 Å². The number of carbonyl (C=O) groups is 1. The number of carbonyl (C=O) groups excluding carboxylic acids is 1. The van der Waals surface area contributed by atoms with Crippen molar-refractivity contribution in [1.29, 1.82) is 0 Å². The summed E-state index contributed by atoms with van der Waals surface area (Å²) in [6.45, 7) is 0. The molecule has 0 spiro atoms. The van der Waals surface area contributed by atoms with Crippen molar-refractivity contribution in [3.63, 3.8) is 0 Å². The van der Waals surface area contributed by atoms with Gasteiger partial charge in [-0.2, -0.15) is 0 Å². The Hall–Kier alpha value is -1.62. The molecule has 0 bridgehead atoms. The monoisotopic (exact) mass is 209 g/mol. The number of aromatic nitrogens is 1. The highest BCUT2D eigenvalue weighted by atomic mass is 32.1. The zero-order chi connectivity index (χ0) is 10.1. The summed E-state index contributed by atoms with van der Waals surface area (Å²) in [5.41, 5.74) is 0.252. The standard InChI is InChI=1S/C9H7NO3S/c1-13-9(12)6-3-7-5(4-10-6)2-8(11)14-7/h2-4,11H,1H3. The first-order valence-electron chi connectivity index (χ1n) is 3.87. The highest BCUT2D eigenvalue weighted by molar-refractivity contribution is 7.20. The van der Waals surface area contributed by atoms with Crippen LogP contribution in [0.25, 0.3) is 10.1 Å². The number of pyridine rings is 1. The van der Waals surface area contributed by atoms with Gasteiger partial charge in [0.2, 0.25) is 0 Å².